The summed E-state index contributed by atoms with van der Waals surface area (Å²) in [6.45, 7) is 5.08. The normalized spacial score (nSPS) is 16.4. The van der Waals surface area contributed by atoms with Crippen LogP contribution in [-0.2, 0) is 6.42 Å². The number of nitrogens with one attached hydrogen (secondary N) is 1. The van der Waals surface area contributed by atoms with Crippen LogP contribution in [0.25, 0.3) is 0 Å². The van der Waals surface area contributed by atoms with Gasteiger partial charge in [-0.1, -0.05) is 18.2 Å². The summed E-state index contributed by atoms with van der Waals surface area (Å²) in [6.07, 6.45) is 3.51. The van der Waals surface area contributed by atoms with Crippen LogP contribution >= 0.6 is 0 Å². The zero-order chi connectivity index (χ0) is 13.0. The number of nitrogens with zero attached hydrogens (tertiary/aromatic N) is 2. The van der Waals surface area contributed by atoms with E-state index in [1.807, 2.05) is 0 Å². The number of fused-ring (bicyclic) bond motifs is 1. The van der Waals surface area contributed by atoms with Crippen LogP contribution in [0, 0.1) is 0 Å². The fourth-order valence-electron chi connectivity index (χ4n) is 2.34. The second kappa shape index (κ2) is 5.87. The molecule has 0 bridgehead atoms. The summed E-state index contributed by atoms with van der Waals surface area (Å²) >= 11 is 0. The molecule has 0 amide bonds. The van der Waals surface area contributed by atoms with Crippen molar-refractivity contribution in [2.75, 3.05) is 11.4 Å². The molecule has 0 aromatic heterocycles. The van der Waals surface area contributed by atoms with Gasteiger partial charge in [0.15, 0.2) is 0 Å². The molecular formula is C14H22N4. The van der Waals surface area contributed by atoms with Gasteiger partial charge in [0.05, 0.1) is 0 Å². The van der Waals surface area contributed by atoms with E-state index in [9.17, 15) is 0 Å². The maximum absolute atomic E-state index is 5.64. The molecule has 0 aliphatic carbocycles. The predicted octanol–water partition coefficient (Wildman–Crippen LogP) is 2.06. The van der Waals surface area contributed by atoms with Crippen molar-refractivity contribution in [2.24, 2.45) is 10.8 Å². The first-order chi connectivity index (χ1) is 8.72. The Morgan fingerprint density at radius 2 is 2.11 bits per heavy atom. The van der Waals surface area contributed by atoms with Crippen molar-refractivity contribution < 1.29 is 0 Å². The molecule has 1 aliphatic heterocycles. The van der Waals surface area contributed by atoms with Gasteiger partial charge in [-0.15, -0.1) is 0 Å². The third kappa shape index (κ3) is 2.82. The van der Waals surface area contributed by atoms with Crippen LogP contribution in [0.5, 0.6) is 0 Å². The molecule has 0 saturated heterocycles. The Kier molecular flexibility index (Phi) is 4.20. The Balaban J connectivity index is 2.37. The van der Waals surface area contributed by atoms with E-state index in [1.54, 1.807) is 0 Å². The number of hydrogen-bond acceptors (Lipinski definition) is 2. The van der Waals surface area contributed by atoms with Crippen molar-refractivity contribution in [2.45, 2.75) is 39.2 Å². The molecule has 1 aromatic rings. The number of nitrogens with two attached hydrogens (primary N) is 1. The van der Waals surface area contributed by atoms with Crippen molar-refractivity contribution >= 4 is 11.6 Å². The third-order valence-electron chi connectivity index (χ3n) is 3.13. The summed E-state index contributed by atoms with van der Waals surface area (Å²) in [5, 5.41) is 0. The van der Waals surface area contributed by atoms with E-state index < -0.39 is 0 Å². The van der Waals surface area contributed by atoms with Gasteiger partial charge in [-0.25, -0.2) is 10.8 Å². The van der Waals surface area contributed by atoms with Crippen LogP contribution in [0.1, 0.15) is 32.3 Å². The molecule has 0 unspecified atom stereocenters. The van der Waals surface area contributed by atoms with E-state index >= 15 is 0 Å². The van der Waals surface area contributed by atoms with Gasteiger partial charge >= 0.3 is 0 Å². The lowest BCUT2D eigenvalue weighted by atomic mass is 10.1. The fourth-order valence-corrected chi connectivity index (χ4v) is 2.34. The highest BCUT2D eigenvalue weighted by atomic mass is 15.4. The van der Waals surface area contributed by atoms with E-state index in [0.29, 0.717) is 0 Å². The Labute approximate surface area is 109 Å². The fraction of sp³-hybridized carbons (Fsp3) is 0.500. The van der Waals surface area contributed by atoms with E-state index in [1.165, 1.54) is 17.7 Å². The Bertz CT molecular complexity index is 426. The second-order valence-electron chi connectivity index (χ2n) is 4.93. The Morgan fingerprint density at radius 1 is 1.33 bits per heavy atom. The largest absolute Gasteiger partial charge is 0.311 e. The van der Waals surface area contributed by atoms with Crippen LogP contribution < -0.4 is 16.2 Å². The molecule has 1 aliphatic rings. The Hall–Kier alpha value is -1.55. The molecule has 0 atom stereocenters. The van der Waals surface area contributed by atoms with E-state index in [4.69, 9.17) is 5.84 Å². The molecule has 0 fully saturated rings. The minimum Gasteiger partial charge on any atom is -0.311 e. The number of aryl methyl sites for hydroxylation is 1. The molecule has 4 heteroatoms. The lowest BCUT2D eigenvalue weighted by Gasteiger charge is -2.26. The summed E-state index contributed by atoms with van der Waals surface area (Å²) in [6, 6.07) is 8.73. The SMILES string of the molecule is CC(C)N=C(NN)N1CCCCc2ccccc21. The molecular weight excluding hydrogens is 224 g/mol. The van der Waals surface area contributed by atoms with Crippen LogP contribution in [-0.4, -0.2) is 18.5 Å². The first-order valence-corrected chi connectivity index (χ1v) is 6.62. The van der Waals surface area contributed by atoms with E-state index in [0.717, 1.165) is 25.3 Å². The number of anilines is 1. The zero-order valence-corrected chi connectivity index (χ0v) is 11.2. The smallest absolute Gasteiger partial charge is 0.213 e. The van der Waals surface area contributed by atoms with Gasteiger partial charge in [-0.05, 0) is 44.7 Å². The molecule has 0 spiro atoms. The van der Waals surface area contributed by atoms with Crippen molar-refractivity contribution in [1.82, 2.24) is 5.43 Å². The number of guanidine groups is 1. The monoisotopic (exact) mass is 246 g/mol. The summed E-state index contributed by atoms with van der Waals surface area (Å²) in [5.74, 6) is 6.40. The van der Waals surface area contributed by atoms with Gasteiger partial charge in [0.25, 0.3) is 0 Å². The van der Waals surface area contributed by atoms with Crippen LogP contribution in [0.15, 0.2) is 29.3 Å². The van der Waals surface area contributed by atoms with Gasteiger partial charge < -0.3 is 4.90 Å². The number of benzene rings is 1. The average molecular weight is 246 g/mol. The van der Waals surface area contributed by atoms with Crippen molar-refractivity contribution in [3.05, 3.63) is 29.8 Å². The van der Waals surface area contributed by atoms with E-state index in [2.05, 4.69) is 53.4 Å². The van der Waals surface area contributed by atoms with Gasteiger partial charge in [0, 0.05) is 18.3 Å². The summed E-state index contributed by atoms with van der Waals surface area (Å²) in [4.78, 5) is 6.76. The molecule has 4 nitrogen and oxygen atoms in total. The number of hydrogen-bond donors (Lipinski definition) is 2. The number of para-hydroxylation sites is 1. The lowest BCUT2D eigenvalue weighted by Crippen LogP contribution is -2.46. The number of rotatable bonds is 1. The summed E-state index contributed by atoms with van der Waals surface area (Å²) < 4.78 is 0. The molecule has 1 heterocycles. The van der Waals surface area contributed by atoms with E-state index in [-0.39, 0.29) is 6.04 Å². The summed E-state index contributed by atoms with van der Waals surface area (Å²) in [7, 11) is 0. The molecule has 18 heavy (non-hydrogen) atoms. The lowest BCUT2D eigenvalue weighted by molar-refractivity contribution is 0.748. The van der Waals surface area contributed by atoms with Gasteiger partial charge in [0.2, 0.25) is 5.96 Å². The van der Waals surface area contributed by atoms with Gasteiger partial charge in [-0.3, -0.25) is 5.43 Å². The molecule has 2 rings (SSSR count). The number of hydrazine groups is 1. The minimum atomic E-state index is 0.228. The maximum Gasteiger partial charge on any atom is 0.213 e. The first-order valence-electron chi connectivity index (χ1n) is 6.62. The molecule has 98 valence electrons. The average Bonchev–Trinajstić information content (AvgIpc) is 2.58. The van der Waals surface area contributed by atoms with Crippen molar-refractivity contribution in [1.29, 1.82) is 0 Å². The maximum atomic E-state index is 5.64. The third-order valence-corrected chi connectivity index (χ3v) is 3.13. The van der Waals surface area contributed by atoms with Gasteiger partial charge in [0.1, 0.15) is 0 Å². The molecule has 0 radical (unpaired) electrons. The highest BCUT2D eigenvalue weighted by Crippen LogP contribution is 2.26. The van der Waals surface area contributed by atoms with Crippen LogP contribution in [0.3, 0.4) is 0 Å². The van der Waals surface area contributed by atoms with Crippen LogP contribution in [0.4, 0.5) is 5.69 Å². The Morgan fingerprint density at radius 3 is 2.83 bits per heavy atom. The summed E-state index contributed by atoms with van der Waals surface area (Å²) in [5.41, 5.74) is 5.35. The minimum absolute atomic E-state index is 0.228. The van der Waals surface area contributed by atoms with Crippen molar-refractivity contribution in [3.8, 4) is 0 Å². The van der Waals surface area contributed by atoms with Crippen LogP contribution in [0.2, 0.25) is 0 Å². The second-order valence-corrected chi connectivity index (χ2v) is 4.93. The zero-order valence-electron chi connectivity index (χ0n) is 11.2. The standard InChI is InChI=1S/C14H22N4/c1-11(2)16-14(17-15)18-10-6-5-8-12-7-3-4-9-13(12)18/h3-4,7,9,11H,5-6,8,10,15H2,1-2H3,(H,16,17). The quantitative estimate of drug-likeness (QED) is 0.345. The highest BCUT2D eigenvalue weighted by molar-refractivity contribution is 5.96. The molecule has 3 N–H and O–H groups in total. The number of aliphatic imine (C=N–C) groups is 1. The highest BCUT2D eigenvalue weighted by Gasteiger charge is 2.18. The topological polar surface area (TPSA) is 53.6 Å². The molecule has 0 saturated carbocycles. The predicted molar refractivity (Wildman–Crippen MR) is 76.6 cm³/mol. The first kappa shape index (κ1) is 12.9. The van der Waals surface area contributed by atoms with Crippen molar-refractivity contribution in [3.63, 3.8) is 0 Å². The van der Waals surface area contributed by atoms with Gasteiger partial charge in [-0.2, -0.15) is 0 Å². The molecule has 1 aromatic carbocycles.